The first-order valence-corrected chi connectivity index (χ1v) is 7.62. The summed E-state index contributed by atoms with van der Waals surface area (Å²) in [6, 6.07) is 1.69. The Morgan fingerprint density at radius 1 is 1.42 bits per heavy atom. The van der Waals surface area contributed by atoms with Gasteiger partial charge in [0.05, 0.1) is 17.7 Å². The molecule has 0 bridgehead atoms. The van der Waals surface area contributed by atoms with E-state index in [1.165, 1.54) is 7.11 Å². The first-order chi connectivity index (χ1) is 9.06. The topological polar surface area (TPSA) is 26.3 Å². The summed E-state index contributed by atoms with van der Waals surface area (Å²) in [7, 11) is 1.34. The van der Waals surface area contributed by atoms with Crippen LogP contribution in [0.4, 0.5) is 0 Å². The molecule has 102 valence electrons. The molecule has 0 radical (unpaired) electrons. The molecule has 0 amide bonds. The number of ether oxygens (including phenoxy) is 1. The van der Waals surface area contributed by atoms with Crippen molar-refractivity contribution in [2.24, 2.45) is 0 Å². The van der Waals surface area contributed by atoms with Gasteiger partial charge in [-0.3, -0.25) is 0 Å². The minimum atomic E-state index is -0.445. The van der Waals surface area contributed by atoms with E-state index >= 15 is 0 Å². The van der Waals surface area contributed by atoms with Gasteiger partial charge in [0.15, 0.2) is 0 Å². The predicted octanol–water partition coefficient (Wildman–Crippen LogP) is 5.55. The van der Waals surface area contributed by atoms with Crippen LogP contribution in [0.5, 0.6) is 0 Å². The minimum Gasteiger partial charge on any atom is -0.465 e. The fraction of sp³-hybridized carbons (Fsp3) is 0.214. The molecule has 0 N–H and O–H groups in total. The van der Waals surface area contributed by atoms with E-state index in [0.29, 0.717) is 10.6 Å². The molecule has 2 nitrogen and oxygen atoms in total. The highest BCUT2D eigenvalue weighted by Gasteiger charge is 2.18. The molecule has 0 aliphatic carbocycles. The maximum atomic E-state index is 11.7. The minimum absolute atomic E-state index is 0.356. The number of rotatable bonds is 4. The monoisotopic (exact) mass is 360 g/mol. The Bertz CT molecular complexity index is 539. The van der Waals surface area contributed by atoms with Crippen LogP contribution in [0.15, 0.2) is 33.0 Å². The summed E-state index contributed by atoms with van der Waals surface area (Å²) in [4.78, 5) is 12.7. The van der Waals surface area contributed by atoms with Crippen molar-refractivity contribution in [1.82, 2.24) is 0 Å². The fourth-order valence-corrected chi connectivity index (χ4v) is 3.27. The lowest BCUT2D eigenvalue weighted by atomic mass is 10.1. The third-order valence-corrected chi connectivity index (χ3v) is 4.65. The highest BCUT2D eigenvalue weighted by molar-refractivity contribution is 9.10. The molecule has 0 spiro atoms. The van der Waals surface area contributed by atoms with Gasteiger partial charge in [-0.15, -0.1) is 0 Å². The van der Waals surface area contributed by atoms with Gasteiger partial charge in [0.25, 0.3) is 0 Å². The third kappa shape index (κ3) is 3.88. The Hall–Kier alpha value is -0.710. The van der Waals surface area contributed by atoms with Crippen LogP contribution in [0.1, 0.15) is 29.8 Å². The maximum Gasteiger partial charge on any atom is 0.339 e. The van der Waals surface area contributed by atoms with Gasteiger partial charge in [0, 0.05) is 14.9 Å². The molecule has 0 unspecified atom stereocenters. The summed E-state index contributed by atoms with van der Waals surface area (Å²) < 4.78 is 5.55. The van der Waals surface area contributed by atoms with Crippen molar-refractivity contribution in [2.45, 2.75) is 18.7 Å². The Balaban J connectivity index is 3.49. The van der Waals surface area contributed by atoms with Crippen molar-refractivity contribution < 1.29 is 9.53 Å². The third-order valence-electron chi connectivity index (χ3n) is 2.27. The summed E-state index contributed by atoms with van der Waals surface area (Å²) in [6.07, 6.45) is 5.71. The number of benzene rings is 1. The normalized spacial score (nSPS) is 11.4. The molecule has 1 aromatic rings. The molecule has 5 heteroatoms. The van der Waals surface area contributed by atoms with Crippen LogP contribution in [-0.2, 0) is 4.74 Å². The molecule has 0 saturated carbocycles. The standard InChI is InChI=1S/C14H14BrClO2S/c1-4-6-9-12(16)10(14(17)18-3)8-11(15)13(9)19-7-5-2/h4-8H,1-3H3/b6-4+,7-5-. The number of esters is 1. The maximum absolute atomic E-state index is 11.7. The lowest BCUT2D eigenvalue weighted by Gasteiger charge is -2.12. The van der Waals surface area contributed by atoms with E-state index < -0.39 is 5.97 Å². The Labute approximate surface area is 131 Å². The zero-order valence-electron chi connectivity index (χ0n) is 10.9. The van der Waals surface area contributed by atoms with Crippen LogP contribution >= 0.6 is 39.3 Å². The molecule has 0 heterocycles. The fourth-order valence-electron chi connectivity index (χ4n) is 1.46. The van der Waals surface area contributed by atoms with Crippen LogP contribution in [0, 0.1) is 0 Å². The van der Waals surface area contributed by atoms with Crippen molar-refractivity contribution in [2.75, 3.05) is 7.11 Å². The zero-order chi connectivity index (χ0) is 14.4. The van der Waals surface area contributed by atoms with E-state index in [1.807, 2.05) is 37.5 Å². The summed E-state index contributed by atoms with van der Waals surface area (Å²) in [5.74, 6) is -0.445. The molecule has 1 aromatic carbocycles. The SMILES string of the molecule is C/C=C\Sc1c(Br)cc(C(=O)OC)c(Cl)c1/C=C/C. The predicted molar refractivity (Wildman–Crippen MR) is 85.9 cm³/mol. The van der Waals surface area contributed by atoms with Gasteiger partial charge in [0.2, 0.25) is 0 Å². The first-order valence-electron chi connectivity index (χ1n) is 5.57. The number of carbonyl (C=O) groups is 1. The van der Waals surface area contributed by atoms with Crippen LogP contribution in [-0.4, -0.2) is 13.1 Å². The summed E-state index contributed by atoms with van der Waals surface area (Å²) in [6.45, 7) is 3.85. The Kier molecular flexibility index (Phi) is 6.69. The van der Waals surface area contributed by atoms with E-state index in [1.54, 1.807) is 17.8 Å². The second-order valence-electron chi connectivity index (χ2n) is 3.54. The Morgan fingerprint density at radius 3 is 2.63 bits per heavy atom. The molecular weight excluding hydrogens is 348 g/mol. The lowest BCUT2D eigenvalue weighted by Crippen LogP contribution is -2.04. The van der Waals surface area contributed by atoms with Crippen molar-refractivity contribution in [3.05, 3.63) is 44.2 Å². The van der Waals surface area contributed by atoms with Crippen molar-refractivity contribution in [1.29, 1.82) is 0 Å². The van der Waals surface area contributed by atoms with Crippen LogP contribution in [0.2, 0.25) is 5.02 Å². The molecule has 0 aromatic heterocycles. The van der Waals surface area contributed by atoms with E-state index in [4.69, 9.17) is 16.3 Å². The quantitative estimate of drug-likeness (QED) is 0.519. The van der Waals surface area contributed by atoms with Crippen molar-refractivity contribution >= 4 is 51.3 Å². The number of methoxy groups -OCH3 is 1. The summed E-state index contributed by atoms with van der Waals surface area (Å²) in [5.41, 5.74) is 1.16. The number of allylic oxidation sites excluding steroid dienone is 2. The van der Waals surface area contributed by atoms with Gasteiger partial charge in [-0.2, -0.15) is 0 Å². The summed E-state index contributed by atoms with van der Waals surface area (Å²) >= 11 is 11.3. The number of halogens is 2. The van der Waals surface area contributed by atoms with Gasteiger partial charge in [-0.25, -0.2) is 4.79 Å². The molecule has 0 atom stereocenters. The molecular formula is C14H14BrClO2S. The average Bonchev–Trinajstić information content (AvgIpc) is 2.41. The highest BCUT2D eigenvalue weighted by Crippen LogP contribution is 2.39. The van der Waals surface area contributed by atoms with E-state index in [9.17, 15) is 4.79 Å². The van der Waals surface area contributed by atoms with Gasteiger partial charge in [0.1, 0.15) is 0 Å². The van der Waals surface area contributed by atoms with Crippen molar-refractivity contribution in [3.8, 4) is 0 Å². The average molecular weight is 362 g/mol. The molecule has 0 aliphatic rings. The number of hydrogen-bond donors (Lipinski definition) is 0. The first kappa shape index (κ1) is 16.3. The van der Waals surface area contributed by atoms with E-state index in [0.717, 1.165) is 14.9 Å². The number of thioether (sulfide) groups is 1. The van der Waals surface area contributed by atoms with Crippen LogP contribution in [0.25, 0.3) is 6.08 Å². The number of hydrogen-bond acceptors (Lipinski definition) is 3. The lowest BCUT2D eigenvalue weighted by molar-refractivity contribution is 0.0600. The van der Waals surface area contributed by atoms with Gasteiger partial charge < -0.3 is 4.74 Å². The van der Waals surface area contributed by atoms with Gasteiger partial charge in [-0.05, 0) is 41.3 Å². The smallest absolute Gasteiger partial charge is 0.339 e. The van der Waals surface area contributed by atoms with Crippen LogP contribution < -0.4 is 0 Å². The largest absolute Gasteiger partial charge is 0.465 e. The van der Waals surface area contributed by atoms with E-state index in [2.05, 4.69) is 15.9 Å². The highest BCUT2D eigenvalue weighted by atomic mass is 79.9. The van der Waals surface area contributed by atoms with Crippen LogP contribution in [0.3, 0.4) is 0 Å². The molecule has 1 rings (SSSR count). The molecule has 19 heavy (non-hydrogen) atoms. The van der Waals surface area contributed by atoms with Gasteiger partial charge in [-0.1, -0.05) is 41.6 Å². The molecule has 0 saturated heterocycles. The second kappa shape index (κ2) is 7.78. The molecule has 0 fully saturated rings. The summed E-state index contributed by atoms with van der Waals surface area (Å²) in [5, 5.41) is 2.36. The van der Waals surface area contributed by atoms with E-state index in [-0.39, 0.29) is 0 Å². The molecule has 0 aliphatic heterocycles. The van der Waals surface area contributed by atoms with Gasteiger partial charge >= 0.3 is 5.97 Å². The number of carbonyl (C=O) groups excluding carboxylic acids is 1. The Morgan fingerprint density at radius 2 is 2.11 bits per heavy atom. The van der Waals surface area contributed by atoms with Crippen molar-refractivity contribution in [3.63, 3.8) is 0 Å². The second-order valence-corrected chi connectivity index (χ2v) is 5.69. The zero-order valence-corrected chi connectivity index (χ0v) is 14.0.